The van der Waals surface area contributed by atoms with Crippen LogP contribution in [0.5, 0.6) is 5.75 Å². The van der Waals surface area contributed by atoms with Gasteiger partial charge in [0, 0.05) is 22.2 Å². The molecular weight excluding hydrogens is 336 g/mol. The molecule has 0 atom stereocenters. The van der Waals surface area contributed by atoms with Crippen LogP contribution in [0.15, 0.2) is 48.2 Å². The molecule has 1 amide bonds. The summed E-state index contributed by atoms with van der Waals surface area (Å²) in [5, 5.41) is 12.8. The number of hydrogen-bond donors (Lipinski definition) is 1. The molecule has 0 aliphatic rings. The van der Waals surface area contributed by atoms with Crippen molar-refractivity contribution in [3.8, 4) is 11.8 Å². The Morgan fingerprint density at radius 2 is 1.70 bits per heavy atom. The van der Waals surface area contributed by atoms with E-state index in [4.69, 9.17) is 4.74 Å². The molecule has 4 heteroatoms. The van der Waals surface area contributed by atoms with Gasteiger partial charge in [0.2, 0.25) is 0 Å². The topological polar surface area (TPSA) is 62.1 Å². The van der Waals surface area contributed by atoms with Gasteiger partial charge in [-0.2, -0.15) is 5.26 Å². The van der Waals surface area contributed by atoms with Gasteiger partial charge >= 0.3 is 0 Å². The monoisotopic (exact) mass is 362 g/mol. The number of nitrogens with one attached hydrogen (secondary N) is 1. The predicted molar refractivity (Wildman–Crippen MR) is 108 cm³/mol. The Balaban J connectivity index is 2.53. The van der Waals surface area contributed by atoms with Gasteiger partial charge in [-0.15, -0.1) is 0 Å². The summed E-state index contributed by atoms with van der Waals surface area (Å²) in [6.07, 6.45) is 0. The first-order valence-electron chi connectivity index (χ1n) is 8.86. The van der Waals surface area contributed by atoms with E-state index in [0.717, 1.165) is 16.7 Å². The maximum atomic E-state index is 13.0. The summed E-state index contributed by atoms with van der Waals surface area (Å²) in [7, 11) is 1.58. The van der Waals surface area contributed by atoms with Crippen molar-refractivity contribution in [1.82, 2.24) is 5.32 Å². The number of hydrogen-bond acceptors (Lipinski definition) is 3. The van der Waals surface area contributed by atoms with Gasteiger partial charge in [0.15, 0.2) is 0 Å². The Bertz CT molecular complexity index is 911. The Morgan fingerprint density at radius 1 is 1.07 bits per heavy atom. The van der Waals surface area contributed by atoms with Gasteiger partial charge in [-0.3, -0.25) is 4.79 Å². The minimum Gasteiger partial charge on any atom is -0.496 e. The fourth-order valence-corrected chi connectivity index (χ4v) is 2.87. The van der Waals surface area contributed by atoms with Crippen molar-refractivity contribution in [1.29, 1.82) is 5.26 Å². The van der Waals surface area contributed by atoms with Crippen molar-refractivity contribution in [3.63, 3.8) is 0 Å². The third-order valence-electron chi connectivity index (χ3n) is 4.44. The van der Waals surface area contributed by atoms with Gasteiger partial charge in [0.25, 0.3) is 5.91 Å². The number of benzene rings is 2. The number of aryl methyl sites for hydroxylation is 1. The number of ether oxygens (including phenoxy) is 1. The first-order valence-corrected chi connectivity index (χ1v) is 8.86. The fraction of sp³-hybridized carbons (Fsp3) is 0.304. The van der Waals surface area contributed by atoms with Crippen LogP contribution < -0.4 is 10.1 Å². The number of carbonyl (C=O) groups excluding carboxylic acids is 1. The predicted octanol–water partition coefficient (Wildman–Crippen LogP) is 5.02. The van der Waals surface area contributed by atoms with Gasteiger partial charge < -0.3 is 10.1 Å². The highest BCUT2D eigenvalue weighted by molar-refractivity contribution is 5.99. The molecule has 2 rings (SSSR count). The molecule has 140 valence electrons. The Hall–Kier alpha value is -3.06. The molecule has 0 bridgehead atoms. The highest BCUT2D eigenvalue weighted by Crippen LogP contribution is 2.31. The largest absolute Gasteiger partial charge is 0.496 e. The smallest absolute Gasteiger partial charge is 0.255 e. The number of rotatable bonds is 4. The normalized spacial score (nSPS) is 12.0. The van der Waals surface area contributed by atoms with E-state index in [9.17, 15) is 10.1 Å². The van der Waals surface area contributed by atoms with Gasteiger partial charge in [-0.25, -0.2) is 0 Å². The minimum atomic E-state index is -0.418. The first-order chi connectivity index (χ1) is 12.7. The lowest BCUT2D eigenvalue weighted by Gasteiger charge is -2.26. The molecule has 0 fully saturated rings. The van der Waals surface area contributed by atoms with E-state index >= 15 is 0 Å². The summed E-state index contributed by atoms with van der Waals surface area (Å²) in [4.78, 5) is 13.0. The van der Waals surface area contributed by atoms with Crippen LogP contribution in [0, 0.1) is 30.6 Å². The molecule has 0 saturated heterocycles. The summed E-state index contributed by atoms with van der Waals surface area (Å²) >= 11 is 0. The highest BCUT2D eigenvalue weighted by Gasteiger charge is 2.25. The summed E-state index contributed by atoms with van der Waals surface area (Å²) < 4.78 is 5.31. The summed E-state index contributed by atoms with van der Waals surface area (Å²) in [6, 6.07) is 15.4. The molecular formula is C23H26N2O2. The lowest BCUT2D eigenvalue weighted by Crippen LogP contribution is -2.31. The van der Waals surface area contributed by atoms with Crippen molar-refractivity contribution in [2.45, 2.75) is 34.6 Å². The molecule has 4 nitrogen and oxygen atoms in total. The molecule has 0 aromatic heterocycles. The summed E-state index contributed by atoms with van der Waals surface area (Å²) in [6.45, 7) is 9.78. The second-order valence-electron chi connectivity index (χ2n) is 7.56. The Labute approximate surface area is 161 Å². The van der Waals surface area contributed by atoms with E-state index in [0.29, 0.717) is 22.6 Å². The van der Waals surface area contributed by atoms with Crippen LogP contribution in [0.2, 0.25) is 0 Å². The van der Waals surface area contributed by atoms with Crippen LogP contribution in [0.25, 0.3) is 5.57 Å². The number of methoxy groups -OCH3 is 1. The van der Waals surface area contributed by atoms with Crippen LogP contribution in [-0.4, -0.2) is 13.0 Å². The third kappa shape index (κ3) is 4.57. The first kappa shape index (κ1) is 20.3. The number of nitrogens with zero attached hydrogens (tertiary/aromatic N) is 1. The van der Waals surface area contributed by atoms with Crippen LogP contribution in [0.4, 0.5) is 0 Å². The summed E-state index contributed by atoms with van der Waals surface area (Å²) in [5.41, 5.74) is 3.84. The van der Waals surface area contributed by atoms with Gasteiger partial charge in [0.1, 0.15) is 11.8 Å². The average Bonchev–Trinajstić information content (AvgIpc) is 2.62. The minimum absolute atomic E-state index is 0.254. The van der Waals surface area contributed by atoms with Gasteiger partial charge in [-0.1, -0.05) is 56.7 Å². The molecule has 1 N–H and O–H groups in total. The zero-order chi connectivity index (χ0) is 20.2. The molecule has 0 heterocycles. The molecule has 2 aromatic rings. The Kier molecular flexibility index (Phi) is 6.07. The fourth-order valence-electron chi connectivity index (χ4n) is 2.87. The molecule has 27 heavy (non-hydrogen) atoms. The van der Waals surface area contributed by atoms with E-state index in [2.05, 4.69) is 11.4 Å². The second kappa shape index (κ2) is 8.09. The van der Waals surface area contributed by atoms with Crippen molar-refractivity contribution < 1.29 is 9.53 Å². The molecule has 0 aliphatic heterocycles. The standard InChI is InChI=1S/C23H26N2O2/c1-15-10-12-17(13-11-15)19(14-24)21(23(3,4)5)25-22(26)18-8-7-9-20(27-6)16(18)2/h7-13H,1-6H3,(H,25,26)/b21-19-. The number of amides is 1. The lowest BCUT2D eigenvalue weighted by molar-refractivity contribution is 0.0957. The van der Waals surface area contributed by atoms with E-state index in [-0.39, 0.29) is 5.91 Å². The Morgan fingerprint density at radius 3 is 2.22 bits per heavy atom. The van der Waals surface area contributed by atoms with E-state index < -0.39 is 5.41 Å². The molecule has 0 unspecified atom stereocenters. The second-order valence-corrected chi connectivity index (χ2v) is 7.56. The van der Waals surface area contributed by atoms with Crippen LogP contribution in [0.3, 0.4) is 0 Å². The van der Waals surface area contributed by atoms with Crippen molar-refractivity contribution in [2.75, 3.05) is 7.11 Å². The van der Waals surface area contributed by atoms with Crippen LogP contribution in [0.1, 0.15) is 47.8 Å². The van der Waals surface area contributed by atoms with Gasteiger partial charge in [-0.05, 0) is 31.5 Å². The van der Waals surface area contributed by atoms with Crippen molar-refractivity contribution in [3.05, 3.63) is 70.4 Å². The molecule has 0 aliphatic carbocycles. The quantitative estimate of drug-likeness (QED) is 0.777. The van der Waals surface area contributed by atoms with Gasteiger partial charge in [0.05, 0.1) is 12.7 Å². The average molecular weight is 362 g/mol. The van der Waals surface area contributed by atoms with E-state index in [1.54, 1.807) is 19.2 Å². The zero-order valence-corrected chi connectivity index (χ0v) is 16.8. The number of allylic oxidation sites excluding steroid dienone is 2. The summed E-state index contributed by atoms with van der Waals surface area (Å²) in [5.74, 6) is 0.402. The highest BCUT2D eigenvalue weighted by atomic mass is 16.5. The molecule has 0 saturated carbocycles. The van der Waals surface area contributed by atoms with E-state index in [1.165, 1.54) is 0 Å². The molecule has 0 spiro atoms. The third-order valence-corrected chi connectivity index (χ3v) is 4.44. The molecule has 2 aromatic carbocycles. The van der Waals surface area contributed by atoms with Crippen molar-refractivity contribution in [2.24, 2.45) is 5.41 Å². The zero-order valence-electron chi connectivity index (χ0n) is 16.8. The van der Waals surface area contributed by atoms with Crippen LogP contribution >= 0.6 is 0 Å². The maximum absolute atomic E-state index is 13.0. The SMILES string of the molecule is COc1cccc(C(=O)N/C(=C(/C#N)c2ccc(C)cc2)C(C)(C)C)c1C. The number of carbonyl (C=O) groups is 1. The lowest BCUT2D eigenvalue weighted by atomic mass is 9.86. The number of nitriles is 1. The molecule has 0 radical (unpaired) electrons. The van der Waals surface area contributed by atoms with Crippen molar-refractivity contribution >= 4 is 11.5 Å². The van der Waals surface area contributed by atoms with E-state index in [1.807, 2.05) is 65.0 Å². The van der Waals surface area contributed by atoms with Crippen LogP contribution in [-0.2, 0) is 0 Å². The maximum Gasteiger partial charge on any atom is 0.255 e.